The molecule has 0 radical (unpaired) electrons. The summed E-state index contributed by atoms with van der Waals surface area (Å²) in [5.74, 6) is 0. The summed E-state index contributed by atoms with van der Waals surface area (Å²) in [4.78, 5) is 0. The molecule has 2 rings (SSSR count). The molecule has 0 aliphatic heterocycles. The van der Waals surface area contributed by atoms with Crippen molar-refractivity contribution in [2.24, 2.45) is 5.73 Å². The lowest BCUT2D eigenvalue weighted by molar-refractivity contribution is 0.186. The number of fused-ring (bicyclic) bond motifs is 1. The zero-order valence-corrected chi connectivity index (χ0v) is 9.86. The van der Waals surface area contributed by atoms with Gasteiger partial charge in [-0.2, -0.15) is 0 Å². The highest BCUT2D eigenvalue weighted by atomic mass is 16.5. The first-order chi connectivity index (χ1) is 7.80. The molecule has 1 heterocycles. The average molecular weight is 218 g/mol. The second-order valence-corrected chi connectivity index (χ2v) is 3.93. The van der Waals surface area contributed by atoms with Crippen molar-refractivity contribution in [2.45, 2.75) is 26.6 Å². The van der Waals surface area contributed by atoms with Gasteiger partial charge in [-0.15, -0.1) is 0 Å². The lowest BCUT2D eigenvalue weighted by atomic mass is 10.1. The van der Waals surface area contributed by atoms with E-state index in [1.807, 2.05) is 0 Å². The first kappa shape index (κ1) is 11.2. The van der Waals surface area contributed by atoms with Crippen molar-refractivity contribution in [3.63, 3.8) is 0 Å². The molecule has 0 saturated carbocycles. The van der Waals surface area contributed by atoms with Crippen LogP contribution in [0.15, 0.2) is 24.4 Å². The van der Waals surface area contributed by atoms with Crippen LogP contribution in [0.2, 0.25) is 0 Å². The standard InChI is InChI=1S/C13H18N2O/c1-3-15-8-11(9-16-2)12-5-4-10(7-14)6-13(12)15/h4-6,8H,3,7,9,14H2,1-2H3. The lowest BCUT2D eigenvalue weighted by Crippen LogP contribution is -1.97. The predicted octanol–water partition coefficient (Wildman–Crippen LogP) is 2.27. The van der Waals surface area contributed by atoms with Crippen LogP contribution in [0.3, 0.4) is 0 Å². The van der Waals surface area contributed by atoms with Gasteiger partial charge in [-0.25, -0.2) is 0 Å². The van der Waals surface area contributed by atoms with E-state index in [9.17, 15) is 0 Å². The second-order valence-electron chi connectivity index (χ2n) is 3.93. The maximum Gasteiger partial charge on any atom is 0.0733 e. The maximum atomic E-state index is 5.66. The zero-order valence-electron chi connectivity index (χ0n) is 9.86. The highest BCUT2D eigenvalue weighted by molar-refractivity contribution is 5.84. The van der Waals surface area contributed by atoms with Crippen LogP contribution in [0, 0.1) is 0 Å². The zero-order chi connectivity index (χ0) is 11.5. The van der Waals surface area contributed by atoms with E-state index in [4.69, 9.17) is 10.5 Å². The third-order valence-electron chi connectivity index (χ3n) is 2.91. The van der Waals surface area contributed by atoms with E-state index in [2.05, 4.69) is 35.9 Å². The summed E-state index contributed by atoms with van der Waals surface area (Å²) in [5.41, 5.74) is 9.32. The summed E-state index contributed by atoms with van der Waals surface area (Å²) in [6, 6.07) is 6.39. The number of aryl methyl sites for hydroxylation is 1. The fourth-order valence-electron chi connectivity index (χ4n) is 2.07. The molecule has 0 saturated heterocycles. The molecule has 0 aliphatic rings. The van der Waals surface area contributed by atoms with Crippen LogP contribution in [-0.2, 0) is 24.4 Å². The van der Waals surface area contributed by atoms with Gasteiger partial charge in [0.2, 0.25) is 0 Å². The Hall–Kier alpha value is -1.32. The molecule has 3 heteroatoms. The number of nitrogens with two attached hydrogens (primary N) is 1. The molecule has 0 amide bonds. The number of ether oxygens (including phenoxy) is 1. The normalized spacial score (nSPS) is 11.2. The molecular weight excluding hydrogens is 200 g/mol. The van der Waals surface area contributed by atoms with E-state index in [1.54, 1.807) is 7.11 Å². The number of hydrogen-bond donors (Lipinski definition) is 1. The highest BCUT2D eigenvalue weighted by Gasteiger charge is 2.07. The first-order valence-electron chi connectivity index (χ1n) is 5.59. The SMILES string of the molecule is CCn1cc(COC)c2ccc(CN)cc21. The molecule has 0 atom stereocenters. The fraction of sp³-hybridized carbons (Fsp3) is 0.385. The van der Waals surface area contributed by atoms with Gasteiger partial charge in [0.05, 0.1) is 6.61 Å². The Morgan fingerprint density at radius 1 is 1.38 bits per heavy atom. The smallest absolute Gasteiger partial charge is 0.0733 e. The monoisotopic (exact) mass is 218 g/mol. The summed E-state index contributed by atoms with van der Waals surface area (Å²) >= 11 is 0. The first-order valence-corrected chi connectivity index (χ1v) is 5.59. The highest BCUT2D eigenvalue weighted by Crippen LogP contribution is 2.23. The van der Waals surface area contributed by atoms with Crippen molar-refractivity contribution in [2.75, 3.05) is 7.11 Å². The van der Waals surface area contributed by atoms with Crippen LogP contribution >= 0.6 is 0 Å². The number of methoxy groups -OCH3 is 1. The predicted molar refractivity (Wildman–Crippen MR) is 66.2 cm³/mol. The lowest BCUT2D eigenvalue weighted by Gasteiger charge is -2.02. The summed E-state index contributed by atoms with van der Waals surface area (Å²) in [7, 11) is 1.73. The Kier molecular flexibility index (Phi) is 3.27. The Balaban J connectivity index is 2.59. The largest absolute Gasteiger partial charge is 0.380 e. The minimum atomic E-state index is 0.588. The Bertz CT molecular complexity index is 488. The van der Waals surface area contributed by atoms with Crippen molar-refractivity contribution in [1.29, 1.82) is 0 Å². The molecule has 0 aliphatic carbocycles. The maximum absolute atomic E-state index is 5.66. The van der Waals surface area contributed by atoms with E-state index in [-0.39, 0.29) is 0 Å². The molecule has 0 unspecified atom stereocenters. The van der Waals surface area contributed by atoms with Crippen LogP contribution < -0.4 is 5.73 Å². The van der Waals surface area contributed by atoms with Gasteiger partial charge in [-0.05, 0) is 18.6 Å². The van der Waals surface area contributed by atoms with Crippen molar-refractivity contribution in [3.8, 4) is 0 Å². The molecule has 0 spiro atoms. The molecule has 1 aromatic heterocycles. The molecule has 0 fully saturated rings. The molecule has 0 bridgehead atoms. The third kappa shape index (κ3) is 1.84. The van der Waals surface area contributed by atoms with Gasteiger partial charge in [0.25, 0.3) is 0 Å². The van der Waals surface area contributed by atoms with Crippen LogP contribution in [0.25, 0.3) is 10.9 Å². The molecule has 86 valence electrons. The van der Waals surface area contributed by atoms with Gasteiger partial charge >= 0.3 is 0 Å². The molecular formula is C13H18N2O. The van der Waals surface area contributed by atoms with E-state index in [0.29, 0.717) is 13.2 Å². The Morgan fingerprint density at radius 2 is 2.19 bits per heavy atom. The number of nitrogens with zero attached hydrogens (tertiary/aromatic N) is 1. The molecule has 1 aromatic carbocycles. The summed E-state index contributed by atoms with van der Waals surface area (Å²) < 4.78 is 7.45. The van der Waals surface area contributed by atoms with Gasteiger partial charge in [0.15, 0.2) is 0 Å². The van der Waals surface area contributed by atoms with Crippen molar-refractivity contribution in [3.05, 3.63) is 35.5 Å². The van der Waals surface area contributed by atoms with E-state index < -0.39 is 0 Å². The van der Waals surface area contributed by atoms with Crippen molar-refractivity contribution in [1.82, 2.24) is 4.57 Å². The summed E-state index contributed by atoms with van der Waals surface area (Å²) in [6.07, 6.45) is 2.16. The Morgan fingerprint density at radius 3 is 2.81 bits per heavy atom. The van der Waals surface area contributed by atoms with Crippen LogP contribution in [0.5, 0.6) is 0 Å². The Labute approximate surface area is 95.8 Å². The molecule has 2 N–H and O–H groups in total. The number of aromatic nitrogens is 1. The average Bonchev–Trinajstić information content (AvgIpc) is 2.67. The number of hydrogen-bond acceptors (Lipinski definition) is 2. The van der Waals surface area contributed by atoms with Gasteiger partial charge < -0.3 is 15.0 Å². The quantitative estimate of drug-likeness (QED) is 0.855. The minimum absolute atomic E-state index is 0.588. The number of rotatable bonds is 4. The van der Waals surface area contributed by atoms with Gasteiger partial charge in [-0.3, -0.25) is 0 Å². The van der Waals surface area contributed by atoms with Gasteiger partial charge in [-0.1, -0.05) is 12.1 Å². The van der Waals surface area contributed by atoms with Crippen molar-refractivity contribution >= 4 is 10.9 Å². The third-order valence-corrected chi connectivity index (χ3v) is 2.91. The van der Waals surface area contributed by atoms with Crippen LogP contribution in [0.1, 0.15) is 18.1 Å². The summed E-state index contributed by atoms with van der Waals surface area (Å²) in [5, 5.41) is 1.26. The fourth-order valence-corrected chi connectivity index (χ4v) is 2.07. The second kappa shape index (κ2) is 4.68. The molecule has 16 heavy (non-hydrogen) atoms. The minimum Gasteiger partial charge on any atom is -0.380 e. The topological polar surface area (TPSA) is 40.2 Å². The van der Waals surface area contributed by atoms with Crippen LogP contribution in [-0.4, -0.2) is 11.7 Å². The molecule has 3 nitrogen and oxygen atoms in total. The summed E-state index contributed by atoms with van der Waals surface area (Å²) in [6.45, 7) is 4.36. The van der Waals surface area contributed by atoms with E-state index in [1.165, 1.54) is 22.0 Å². The van der Waals surface area contributed by atoms with E-state index >= 15 is 0 Å². The molecule has 2 aromatic rings. The van der Waals surface area contributed by atoms with E-state index in [0.717, 1.165) is 6.54 Å². The van der Waals surface area contributed by atoms with Gasteiger partial charge in [0, 0.05) is 42.9 Å². The van der Waals surface area contributed by atoms with Gasteiger partial charge in [0.1, 0.15) is 0 Å². The number of benzene rings is 1. The van der Waals surface area contributed by atoms with Crippen LogP contribution in [0.4, 0.5) is 0 Å². The van der Waals surface area contributed by atoms with Crippen molar-refractivity contribution < 1.29 is 4.74 Å².